The zero-order valence-electron chi connectivity index (χ0n) is 10.9. The number of unbranched alkanes of at least 4 members (excludes halogenated alkanes) is 2. The quantitative estimate of drug-likeness (QED) is 0.214. The predicted octanol–water partition coefficient (Wildman–Crippen LogP) is 1.08. The summed E-state index contributed by atoms with van der Waals surface area (Å²) in [7, 11) is 1.99. The Kier molecular flexibility index (Phi) is 6.77. The number of nitrogens with one attached hydrogen (secondary N) is 1. The fourth-order valence-electron chi connectivity index (χ4n) is 1.53. The van der Waals surface area contributed by atoms with Crippen molar-refractivity contribution in [3.63, 3.8) is 0 Å². The van der Waals surface area contributed by atoms with E-state index in [0.717, 1.165) is 31.6 Å². The van der Waals surface area contributed by atoms with Crippen molar-refractivity contribution in [1.29, 1.82) is 0 Å². The van der Waals surface area contributed by atoms with Gasteiger partial charge in [0, 0.05) is 26.3 Å². The first-order valence-corrected chi connectivity index (χ1v) is 7.15. The fourth-order valence-corrected chi connectivity index (χ4v) is 1.90. The lowest BCUT2D eigenvalue weighted by molar-refractivity contribution is 0.283. The minimum absolute atomic E-state index is 0.259. The van der Waals surface area contributed by atoms with E-state index in [2.05, 4.69) is 20.3 Å². The molecule has 6 nitrogen and oxygen atoms in total. The maximum Gasteiger partial charge on any atom is 0.191 e. The van der Waals surface area contributed by atoms with Crippen molar-refractivity contribution in [2.75, 3.05) is 36.8 Å². The molecule has 1 heterocycles. The van der Waals surface area contributed by atoms with E-state index in [1.54, 1.807) is 0 Å². The Balaban J connectivity index is 2.63. The number of nitrogens with two attached hydrogens (primary N) is 1. The van der Waals surface area contributed by atoms with Gasteiger partial charge in [-0.2, -0.15) is 0 Å². The second-order valence-electron chi connectivity index (χ2n) is 3.95. The molecule has 4 N–H and O–H groups in total. The standard InChI is InChI=1S/C11H21N5OS/c1-16(6-4-3-5-7-17)10-8-9(15-12)13-11(14-10)18-2/h8,17H,3-7,12H2,1-2H3,(H,13,14,15). The van der Waals surface area contributed by atoms with Crippen LogP contribution in [0.25, 0.3) is 0 Å². The summed E-state index contributed by atoms with van der Waals surface area (Å²) in [5.74, 6) is 6.86. The molecular weight excluding hydrogens is 250 g/mol. The summed E-state index contributed by atoms with van der Waals surface area (Å²) in [5, 5.41) is 9.42. The largest absolute Gasteiger partial charge is 0.396 e. The van der Waals surface area contributed by atoms with E-state index in [9.17, 15) is 0 Å². The Morgan fingerprint density at radius 1 is 1.39 bits per heavy atom. The molecule has 0 saturated heterocycles. The van der Waals surface area contributed by atoms with Gasteiger partial charge in [-0.1, -0.05) is 11.8 Å². The second-order valence-corrected chi connectivity index (χ2v) is 4.72. The first kappa shape index (κ1) is 15.0. The van der Waals surface area contributed by atoms with Crippen molar-refractivity contribution in [3.05, 3.63) is 6.07 Å². The van der Waals surface area contributed by atoms with Crippen molar-refractivity contribution in [2.45, 2.75) is 24.4 Å². The molecule has 102 valence electrons. The van der Waals surface area contributed by atoms with Crippen molar-refractivity contribution >= 4 is 23.4 Å². The Hall–Kier alpha value is -1.05. The molecule has 0 aliphatic heterocycles. The van der Waals surface area contributed by atoms with Crippen LogP contribution < -0.4 is 16.2 Å². The first-order chi connectivity index (χ1) is 8.71. The van der Waals surface area contributed by atoms with E-state index >= 15 is 0 Å². The van der Waals surface area contributed by atoms with Gasteiger partial charge in [-0.3, -0.25) is 0 Å². The Bertz CT molecular complexity index is 341. The molecule has 0 fully saturated rings. The maximum absolute atomic E-state index is 8.73. The number of aromatic nitrogens is 2. The van der Waals surface area contributed by atoms with E-state index < -0.39 is 0 Å². The molecule has 18 heavy (non-hydrogen) atoms. The average molecular weight is 271 g/mol. The van der Waals surface area contributed by atoms with Crippen LogP contribution in [0.1, 0.15) is 19.3 Å². The van der Waals surface area contributed by atoms with Crippen LogP contribution in [0.15, 0.2) is 11.2 Å². The molecule has 0 aliphatic carbocycles. The Labute approximate surface area is 112 Å². The summed E-state index contributed by atoms with van der Waals surface area (Å²) in [6.45, 7) is 1.16. The van der Waals surface area contributed by atoms with Crippen molar-refractivity contribution in [1.82, 2.24) is 9.97 Å². The second kappa shape index (κ2) is 8.12. The summed E-state index contributed by atoms with van der Waals surface area (Å²) >= 11 is 1.48. The van der Waals surface area contributed by atoms with E-state index in [0.29, 0.717) is 11.0 Å². The van der Waals surface area contributed by atoms with E-state index in [1.807, 2.05) is 19.4 Å². The van der Waals surface area contributed by atoms with Crippen LogP contribution >= 0.6 is 11.8 Å². The number of hydrazine groups is 1. The van der Waals surface area contributed by atoms with Gasteiger partial charge in [-0.05, 0) is 25.5 Å². The summed E-state index contributed by atoms with van der Waals surface area (Å²) in [6.07, 6.45) is 4.83. The lowest BCUT2D eigenvalue weighted by atomic mass is 10.2. The van der Waals surface area contributed by atoms with Gasteiger partial charge in [0.25, 0.3) is 0 Å². The molecule has 1 aromatic rings. The SMILES string of the molecule is CSc1nc(NN)cc(N(C)CCCCCO)n1. The summed E-state index contributed by atoms with van der Waals surface area (Å²) in [4.78, 5) is 10.7. The van der Waals surface area contributed by atoms with Crippen LogP contribution in [0.3, 0.4) is 0 Å². The topological polar surface area (TPSA) is 87.3 Å². The van der Waals surface area contributed by atoms with E-state index in [1.165, 1.54) is 11.8 Å². The van der Waals surface area contributed by atoms with Crippen LogP contribution in [0.2, 0.25) is 0 Å². The van der Waals surface area contributed by atoms with Crippen LogP contribution in [0.5, 0.6) is 0 Å². The number of nitrogens with zero attached hydrogens (tertiary/aromatic N) is 3. The van der Waals surface area contributed by atoms with Gasteiger partial charge in [0.1, 0.15) is 11.6 Å². The number of thioether (sulfide) groups is 1. The third-order valence-corrected chi connectivity index (χ3v) is 3.11. The number of hydrogen-bond donors (Lipinski definition) is 3. The van der Waals surface area contributed by atoms with Crippen molar-refractivity contribution < 1.29 is 5.11 Å². The minimum atomic E-state index is 0.259. The maximum atomic E-state index is 8.73. The average Bonchev–Trinajstić information content (AvgIpc) is 2.42. The van der Waals surface area contributed by atoms with Gasteiger partial charge in [0.2, 0.25) is 0 Å². The molecule has 0 saturated carbocycles. The number of nitrogen functional groups attached to an aromatic ring is 1. The molecular formula is C11H21N5OS. The van der Waals surface area contributed by atoms with E-state index in [4.69, 9.17) is 10.9 Å². The number of aliphatic hydroxyl groups excluding tert-OH is 1. The third-order valence-electron chi connectivity index (χ3n) is 2.57. The van der Waals surface area contributed by atoms with Gasteiger partial charge >= 0.3 is 0 Å². The highest BCUT2D eigenvalue weighted by molar-refractivity contribution is 7.98. The monoisotopic (exact) mass is 271 g/mol. The smallest absolute Gasteiger partial charge is 0.191 e. The number of anilines is 2. The van der Waals surface area contributed by atoms with Crippen molar-refractivity contribution in [3.8, 4) is 0 Å². The zero-order valence-corrected chi connectivity index (χ0v) is 11.7. The van der Waals surface area contributed by atoms with E-state index in [-0.39, 0.29) is 6.61 Å². The zero-order chi connectivity index (χ0) is 13.4. The van der Waals surface area contributed by atoms with Gasteiger partial charge in [0.15, 0.2) is 5.16 Å². The molecule has 0 bridgehead atoms. The predicted molar refractivity (Wildman–Crippen MR) is 75.8 cm³/mol. The lowest BCUT2D eigenvalue weighted by Crippen LogP contribution is -2.21. The molecule has 0 aromatic carbocycles. The third kappa shape index (κ3) is 4.67. The van der Waals surface area contributed by atoms with Crippen LogP contribution in [0.4, 0.5) is 11.6 Å². The molecule has 1 rings (SSSR count). The minimum Gasteiger partial charge on any atom is -0.396 e. The number of hydrogen-bond acceptors (Lipinski definition) is 7. The first-order valence-electron chi connectivity index (χ1n) is 5.93. The molecule has 0 unspecified atom stereocenters. The van der Waals surface area contributed by atoms with Gasteiger partial charge < -0.3 is 15.4 Å². The van der Waals surface area contributed by atoms with Crippen LogP contribution in [-0.2, 0) is 0 Å². The number of aliphatic hydroxyl groups is 1. The molecule has 0 atom stereocenters. The summed E-state index contributed by atoms with van der Waals surface area (Å²) in [5.41, 5.74) is 2.55. The normalized spacial score (nSPS) is 10.4. The molecule has 0 amide bonds. The van der Waals surface area contributed by atoms with Crippen LogP contribution in [-0.4, -0.2) is 41.5 Å². The summed E-state index contributed by atoms with van der Waals surface area (Å²) in [6, 6.07) is 1.83. The Morgan fingerprint density at radius 2 is 2.17 bits per heavy atom. The Morgan fingerprint density at radius 3 is 2.78 bits per heavy atom. The molecule has 0 spiro atoms. The highest BCUT2D eigenvalue weighted by Crippen LogP contribution is 2.19. The highest BCUT2D eigenvalue weighted by atomic mass is 32.2. The molecule has 0 aliphatic rings. The number of rotatable bonds is 8. The molecule has 7 heteroatoms. The van der Waals surface area contributed by atoms with Crippen LogP contribution in [0, 0.1) is 0 Å². The van der Waals surface area contributed by atoms with Gasteiger partial charge in [-0.25, -0.2) is 15.8 Å². The summed E-state index contributed by atoms with van der Waals surface area (Å²) < 4.78 is 0. The molecule has 1 aromatic heterocycles. The van der Waals surface area contributed by atoms with Gasteiger partial charge in [-0.15, -0.1) is 0 Å². The highest BCUT2D eigenvalue weighted by Gasteiger charge is 2.07. The lowest BCUT2D eigenvalue weighted by Gasteiger charge is -2.19. The molecule has 0 radical (unpaired) electrons. The fraction of sp³-hybridized carbons (Fsp3) is 0.636. The van der Waals surface area contributed by atoms with Gasteiger partial charge in [0.05, 0.1) is 0 Å². The van der Waals surface area contributed by atoms with Crippen molar-refractivity contribution in [2.24, 2.45) is 5.84 Å².